The molecule has 1 aromatic carbocycles. The number of anilines is 1. The minimum Gasteiger partial charge on any atom is -0.481 e. The number of carboxylic acid groups (broad SMARTS) is 1. The van der Waals surface area contributed by atoms with Gasteiger partial charge >= 0.3 is 5.97 Å². The van der Waals surface area contributed by atoms with Crippen molar-refractivity contribution in [1.82, 2.24) is 0 Å². The second-order valence-electron chi connectivity index (χ2n) is 5.78. The molecule has 0 aliphatic heterocycles. The minimum atomic E-state index is -0.734. The van der Waals surface area contributed by atoms with E-state index in [9.17, 15) is 9.59 Å². The number of carbonyl (C=O) groups excluding carboxylic acids is 1. The van der Waals surface area contributed by atoms with Gasteiger partial charge in [-0.1, -0.05) is 31.5 Å². The topological polar surface area (TPSA) is 66.4 Å². The van der Waals surface area contributed by atoms with Gasteiger partial charge in [-0.25, -0.2) is 0 Å². The van der Waals surface area contributed by atoms with Crippen LogP contribution in [0.3, 0.4) is 0 Å². The fourth-order valence-electron chi connectivity index (χ4n) is 2.97. The second kappa shape index (κ2) is 7.25. The van der Waals surface area contributed by atoms with E-state index >= 15 is 0 Å². The molecule has 1 aliphatic carbocycles. The van der Waals surface area contributed by atoms with E-state index in [2.05, 4.69) is 12.2 Å². The SMILES string of the molecule is CCCc1ccccc1NC(=O)C1CCC(C(=O)O)CC1. The van der Waals surface area contributed by atoms with Gasteiger partial charge < -0.3 is 10.4 Å². The molecule has 0 saturated heterocycles. The molecular formula is C17H23NO3. The average Bonchev–Trinajstić information content (AvgIpc) is 2.49. The number of benzene rings is 1. The lowest BCUT2D eigenvalue weighted by molar-refractivity contribution is -0.143. The van der Waals surface area contributed by atoms with E-state index in [-0.39, 0.29) is 17.7 Å². The summed E-state index contributed by atoms with van der Waals surface area (Å²) >= 11 is 0. The fourth-order valence-corrected chi connectivity index (χ4v) is 2.97. The van der Waals surface area contributed by atoms with Gasteiger partial charge in [-0.2, -0.15) is 0 Å². The Kier molecular flexibility index (Phi) is 5.37. The number of rotatable bonds is 5. The molecule has 0 atom stereocenters. The monoisotopic (exact) mass is 289 g/mol. The molecule has 21 heavy (non-hydrogen) atoms. The molecule has 0 spiro atoms. The molecule has 0 radical (unpaired) electrons. The van der Waals surface area contributed by atoms with E-state index in [1.165, 1.54) is 0 Å². The Morgan fingerprint density at radius 1 is 1.14 bits per heavy atom. The smallest absolute Gasteiger partial charge is 0.306 e. The largest absolute Gasteiger partial charge is 0.481 e. The Labute approximate surface area is 125 Å². The third-order valence-electron chi connectivity index (χ3n) is 4.24. The Balaban J connectivity index is 1.95. The van der Waals surface area contributed by atoms with Crippen LogP contribution in [0.25, 0.3) is 0 Å². The van der Waals surface area contributed by atoms with Gasteiger partial charge in [-0.05, 0) is 43.7 Å². The maximum absolute atomic E-state index is 12.3. The van der Waals surface area contributed by atoms with E-state index in [0.717, 1.165) is 24.1 Å². The highest BCUT2D eigenvalue weighted by Gasteiger charge is 2.29. The van der Waals surface area contributed by atoms with Gasteiger partial charge in [0.25, 0.3) is 0 Å². The molecule has 4 heteroatoms. The maximum Gasteiger partial charge on any atom is 0.306 e. The summed E-state index contributed by atoms with van der Waals surface area (Å²) < 4.78 is 0. The first-order valence-electron chi connectivity index (χ1n) is 7.73. The molecule has 4 nitrogen and oxygen atoms in total. The zero-order chi connectivity index (χ0) is 15.2. The summed E-state index contributed by atoms with van der Waals surface area (Å²) in [7, 11) is 0. The number of para-hydroxylation sites is 1. The summed E-state index contributed by atoms with van der Waals surface area (Å²) in [4.78, 5) is 23.3. The van der Waals surface area contributed by atoms with Crippen LogP contribution < -0.4 is 5.32 Å². The van der Waals surface area contributed by atoms with E-state index in [4.69, 9.17) is 5.11 Å². The fraction of sp³-hybridized carbons (Fsp3) is 0.529. The first-order chi connectivity index (χ1) is 10.1. The van der Waals surface area contributed by atoms with Crippen LogP contribution >= 0.6 is 0 Å². The van der Waals surface area contributed by atoms with E-state index in [1.54, 1.807) is 0 Å². The van der Waals surface area contributed by atoms with Crippen molar-refractivity contribution in [1.29, 1.82) is 0 Å². The molecule has 2 N–H and O–H groups in total. The van der Waals surface area contributed by atoms with Crippen molar-refractivity contribution >= 4 is 17.6 Å². The van der Waals surface area contributed by atoms with Gasteiger partial charge in [0.05, 0.1) is 5.92 Å². The van der Waals surface area contributed by atoms with Crippen molar-refractivity contribution in [2.45, 2.75) is 45.4 Å². The number of nitrogens with one attached hydrogen (secondary N) is 1. The summed E-state index contributed by atoms with van der Waals surface area (Å²) in [5.41, 5.74) is 2.05. The van der Waals surface area contributed by atoms with Gasteiger partial charge in [0.2, 0.25) is 5.91 Å². The molecule has 0 bridgehead atoms. The molecular weight excluding hydrogens is 266 g/mol. The lowest BCUT2D eigenvalue weighted by atomic mass is 9.81. The van der Waals surface area contributed by atoms with Crippen LogP contribution in [0.1, 0.15) is 44.6 Å². The predicted molar refractivity (Wildman–Crippen MR) is 82.2 cm³/mol. The average molecular weight is 289 g/mol. The van der Waals surface area contributed by atoms with Gasteiger partial charge in [-0.3, -0.25) is 9.59 Å². The minimum absolute atomic E-state index is 0.0300. The van der Waals surface area contributed by atoms with E-state index < -0.39 is 5.97 Å². The molecule has 0 heterocycles. The normalized spacial score (nSPS) is 21.8. The number of aliphatic carboxylic acids is 1. The molecule has 1 saturated carbocycles. The zero-order valence-electron chi connectivity index (χ0n) is 12.5. The Morgan fingerprint density at radius 2 is 1.76 bits per heavy atom. The third kappa shape index (κ3) is 4.06. The zero-order valence-corrected chi connectivity index (χ0v) is 12.5. The molecule has 1 aliphatic rings. The molecule has 114 valence electrons. The quantitative estimate of drug-likeness (QED) is 0.872. The van der Waals surface area contributed by atoms with Crippen LogP contribution in [0.4, 0.5) is 5.69 Å². The van der Waals surface area contributed by atoms with Gasteiger partial charge in [-0.15, -0.1) is 0 Å². The Bertz CT molecular complexity index is 505. The van der Waals surface area contributed by atoms with Crippen molar-refractivity contribution in [2.24, 2.45) is 11.8 Å². The maximum atomic E-state index is 12.3. The molecule has 1 amide bonds. The summed E-state index contributed by atoms with van der Waals surface area (Å²) in [6.07, 6.45) is 4.52. The number of carboxylic acids is 1. The predicted octanol–water partition coefficient (Wildman–Crippen LogP) is 3.47. The number of hydrogen-bond acceptors (Lipinski definition) is 2. The highest BCUT2D eigenvalue weighted by Crippen LogP contribution is 2.30. The van der Waals surface area contributed by atoms with Crippen LogP contribution in [-0.2, 0) is 16.0 Å². The molecule has 1 aromatic rings. The number of carbonyl (C=O) groups is 2. The van der Waals surface area contributed by atoms with E-state index in [0.29, 0.717) is 25.7 Å². The van der Waals surface area contributed by atoms with Crippen molar-refractivity contribution in [3.63, 3.8) is 0 Å². The lowest BCUT2D eigenvalue weighted by Gasteiger charge is -2.25. The van der Waals surface area contributed by atoms with Gasteiger partial charge in [0, 0.05) is 11.6 Å². The summed E-state index contributed by atoms with van der Waals surface area (Å²) in [5, 5.41) is 12.0. The number of amides is 1. The first kappa shape index (κ1) is 15.5. The highest BCUT2D eigenvalue weighted by atomic mass is 16.4. The van der Waals surface area contributed by atoms with Crippen LogP contribution in [0.5, 0.6) is 0 Å². The van der Waals surface area contributed by atoms with Crippen molar-refractivity contribution in [2.75, 3.05) is 5.32 Å². The Hall–Kier alpha value is -1.84. The number of hydrogen-bond donors (Lipinski definition) is 2. The molecule has 1 fully saturated rings. The summed E-state index contributed by atoms with van der Waals surface area (Å²) in [6.45, 7) is 2.12. The van der Waals surface area contributed by atoms with Gasteiger partial charge in [0.1, 0.15) is 0 Å². The second-order valence-corrected chi connectivity index (χ2v) is 5.78. The number of aryl methyl sites for hydroxylation is 1. The van der Waals surface area contributed by atoms with Crippen LogP contribution in [-0.4, -0.2) is 17.0 Å². The van der Waals surface area contributed by atoms with Crippen molar-refractivity contribution in [3.8, 4) is 0 Å². The third-order valence-corrected chi connectivity index (χ3v) is 4.24. The van der Waals surface area contributed by atoms with Crippen LogP contribution in [0, 0.1) is 11.8 Å². The lowest BCUT2D eigenvalue weighted by Crippen LogP contribution is -2.29. The van der Waals surface area contributed by atoms with E-state index in [1.807, 2.05) is 24.3 Å². The van der Waals surface area contributed by atoms with Crippen LogP contribution in [0.2, 0.25) is 0 Å². The molecule has 0 unspecified atom stereocenters. The summed E-state index contributed by atoms with van der Waals surface area (Å²) in [5.74, 6) is -1.04. The molecule has 0 aromatic heterocycles. The van der Waals surface area contributed by atoms with Crippen molar-refractivity contribution < 1.29 is 14.7 Å². The summed E-state index contributed by atoms with van der Waals surface area (Å²) in [6, 6.07) is 7.89. The molecule has 2 rings (SSSR count). The standard InChI is InChI=1S/C17H23NO3/c1-2-5-12-6-3-4-7-15(12)18-16(19)13-8-10-14(11-9-13)17(20)21/h3-4,6-7,13-14H,2,5,8-11H2,1H3,(H,18,19)(H,20,21). The van der Waals surface area contributed by atoms with Crippen LogP contribution in [0.15, 0.2) is 24.3 Å². The highest BCUT2D eigenvalue weighted by molar-refractivity contribution is 5.93. The Morgan fingerprint density at radius 3 is 2.38 bits per heavy atom. The van der Waals surface area contributed by atoms with Gasteiger partial charge in [0.15, 0.2) is 0 Å². The van der Waals surface area contributed by atoms with Crippen molar-refractivity contribution in [3.05, 3.63) is 29.8 Å². The first-order valence-corrected chi connectivity index (χ1v) is 7.73.